The van der Waals surface area contributed by atoms with E-state index in [0.29, 0.717) is 22.8 Å². The highest BCUT2D eigenvalue weighted by molar-refractivity contribution is 7.14. The number of carbonyl (C=O) groups excluding carboxylic acids is 1. The smallest absolute Gasteiger partial charge is 0.443 e. The molecule has 1 aromatic carbocycles. The third kappa shape index (κ3) is 3.52. The lowest BCUT2D eigenvalue weighted by molar-refractivity contribution is -0.137. The molecule has 0 saturated carbocycles. The molecule has 2 aromatic rings. The van der Waals surface area contributed by atoms with Gasteiger partial charge in [0.15, 0.2) is 5.01 Å². The molecule has 21 heavy (non-hydrogen) atoms. The lowest BCUT2D eigenvalue weighted by Crippen LogP contribution is -2.11. The van der Waals surface area contributed by atoms with Crippen molar-refractivity contribution in [1.82, 2.24) is 4.98 Å². The van der Waals surface area contributed by atoms with Crippen molar-refractivity contribution in [3.8, 4) is 5.75 Å². The second-order valence-corrected chi connectivity index (χ2v) is 5.12. The number of aryl methyl sites for hydroxylation is 1. The number of methoxy groups -OCH3 is 1. The second-order valence-electron chi connectivity index (χ2n) is 4.12. The Bertz CT molecular complexity index is 668. The second kappa shape index (κ2) is 5.72. The summed E-state index contributed by atoms with van der Waals surface area (Å²) in [5, 5.41) is 1.49. The summed E-state index contributed by atoms with van der Waals surface area (Å²) in [5.41, 5.74) is 0.480. The van der Waals surface area contributed by atoms with Gasteiger partial charge in [-0.2, -0.15) is 13.2 Å². The number of halogens is 3. The van der Waals surface area contributed by atoms with E-state index >= 15 is 0 Å². The summed E-state index contributed by atoms with van der Waals surface area (Å²) in [6, 6.07) is 6.53. The molecule has 0 aliphatic heterocycles. The van der Waals surface area contributed by atoms with Crippen LogP contribution in [0.1, 0.15) is 20.4 Å². The Morgan fingerprint density at radius 2 is 2.10 bits per heavy atom. The van der Waals surface area contributed by atoms with E-state index in [2.05, 4.69) is 10.3 Å². The molecule has 1 aromatic heterocycles. The molecule has 0 aliphatic carbocycles. The van der Waals surface area contributed by atoms with Crippen LogP contribution in [0.5, 0.6) is 5.75 Å². The Morgan fingerprint density at radius 1 is 1.38 bits per heavy atom. The maximum Gasteiger partial charge on any atom is 0.443 e. The van der Waals surface area contributed by atoms with Crippen LogP contribution in [0.3, 0.4) is 0 Å². The average molecular weight is 316 g/mol. The standard InChI is InChI=1S/C13H11F3N2O2S/c1-7-10(21-12(17-7)13(14,15)16)11(19)18-8-4-3-5-9(6-8)20-2/h3-6H,1-2H3,(H,18,19). The monoisotopic (exact) mass is 316 g/mol. The zero-order valence-electron chi connectivity index (χ0n) is 11.1. The van der Waals surface area contributed by atoms with Crippen LogP contribution < -0.4 is 10.1 Å². The largest absolute Gasteiger partial charge is 0.497 e. The van der Waals surface area contributed by atoms with Gasteiger partial charge in [0.25, 0.3) is 5.91 Å². The van der Waals surface area contributed by atoms with Crippen molar-refractivity contribution in [2.45, 2.75) is 13.1 Å². The van der Waals surface area contributed by atoms with Crippen molar-refractivity contribution in [3.63, 3.8) is 0 Å². The Labute approximate surface area is 122 Å². The molecule has 0 bridgehead atoms. The molecule has 1 heterocycles. The van der Waals surface area contributed by atoms with Gasteiger partial charge in [-0.15, -0.1) is 11.3 Å². The van der Waals surface area contributed by atoms with Crippen LogP contribution in [0.25, 0.3) is 0 Å². The summed E-state index contributed by atoms with van der Waals surface area (Å²) in [7, 11) is 1.48. The number of hydrogen-bond acceptors (Lipinski definition) is 4. The van der Waals surface area contributed by atoms with Gasteiger partial charge in [0, 0.05) is 11.8 Å². The fourth-order valence-corrected chi connectivity index (χ4v) is 2.45. The molecule has 2 rings (SSSR count). The summed E-state index contributed by atoms with van der Waals surface area (Å²) in [6.07, 6.45) is -4.55. The molecule has 0 atom stereocenters. The summed E-state index contributed by atoms with van der Waals surface area (Å²) in [4.78, 5) is 15.3. The Kier molecular flexibility index (Phi) is 4.17. The summed E-state index contributed by atoms with van der Waals surface area (Å²) in [5.74, 6) is -0.0986. The molecule has 112 valence electrons. The van der Waals surface area contributed by atoms with E-state index in [-0.39, 0.29) is 10.6 Å². The Balaban J connectivity index is 2.22. The number of hydrogen-bond donors (Lipinski definition) is 1. The van der Waals surface area contributed by atoms with Gasteiger partial charge in [-0.3, -0.25) is 4.79 Å². The summed E-state index contributed by atoms with van der Waals surface area (Å²) in [6.45, 7) is 1.37. The van der Waals surface area contributed by atoms with Crippen molar-refractivity contribution >= 4 is 22.9 Å². The highest BCUT2D eigenvalue weighted by atomic mass is 32.1. The number of benzene rings is 1. The molecule has 0 radical (unpaired) electrons. The molecule has 4 nitrogen and oxygen atoms in total. The number of carbonyl (C=O) groups is 1. The van der Waals surface area contributed by atoms with Crippen molar-refractivity contribution < 1.29 is 22.7 Å². The van der Waals surface area contributed by atoms with E-state index in [1.807, 2.05) is 0 Å². The minimum absolute atomic E-state index is 0.0488. The van der Waals surface area contributed by atoms with Crippen molar-refractivity contribution in [1.29, 1.82) is 0 Å². The van der Waals surface area contributed by atoms with Crippen LogP contribution in [0, 0.1) is 6.92 Å². The molecule has 1 N–H and O–H groups in total. The number of nitrogens with zero attached hydrogens (tertiary/aromatic N) is 1. The predicted octanol–water partition coefficient (Wildman–Crippen LogP) is 3.73. The lowest BCUT2D eigenvalue weighted by atomic mass is 10.3. The van der Waals surface area contributed by atoms with Gasteiger partial charge < -0.3 is 10.1 Å². The van der Waals surface area contributed by atoms with Crippen molar-refractivity contribution in [2.75, 3.05) is 12.4 Å². The molecular formula is C13H11F3N2O2S. The number of rotatable bonds is 3. The van der Waals surface area contributed by atoms with Gasteiger partial charge in [-0.25, -0.2) is 4.98 Å². The zero-order valence-corrected chi connectivity index (χ0v) is 11.9. The first-order valence-corrected chi connectivity index (χ1v) is 6.63. The van der Waals surface area contributed by atoms with Gasteiger partial charge in [0.2, 0.25) is 0 Å². The van der Waals surface area contributed by atoms with Gasteiger partial charge in [0.1, 0.15) is 10.6 Å². The molecule has 0 aliphatic rings. The van der Waals surface area contributed by atoms with Gasteiger partial charge >= 0.3 is 6.18 Å². The molecule has 0 saturated heterocycles. The van der Waals surface area contributed by atoms with E-state index in [4.69, 9.17) is 4.74 Å². The predicted molar refractivity (Wildman–Crippen MR) is 72.8 cm³/mol. The van der Waals surface area contributed by atoms with Crippen LogP contribution in [-0.4, -0.2) is 18.0 Å². The first kappa shape index (κ1) is 15.3. The van der Waals surface area contributed by atoms with Crippen LogP contribution >= 0.6 is 11.3 Å². The van der Waals surface area contributed by atoms with E-state index < -0.39 is 17.1 Å². The maximum absolute atomic E-state index is 12.6. The topological polar surface area (TPSA) is 51.2 Å². The molecule has 1 amide bonds. The first-order valence-electron chi connectivity index (χ1n) is 5.81. The number of alkyl halides is 3. The first-order chi connectivity index (χ1) is 9.81. The highest BCUT2D eigenvalue weighted by Gasteiger charge is 2.36. The number of aromatic nitrogens is 1. The number of ether oxygens (including phenoxy) is 1. The quantitative estimate of drug-likeness (QED) is 0.938. The molecular weight excluding hydrogens is 305 g/mol. The highest BCUT2D eigenvalue weighted by Crippen LogP contribution is 2.34. The van der Waals surface area contributed by atoms with Crippen LogP contribution in [0.4, 0.5) is 18.9 Å². The van der Waals surface area contributed by atoms with Crippen molar-refractivity contribution in [2.24, 2.45) is 0 Å². The van der Waals surface area contributed by atoms with Gasteiger partial charge in [-0.05, 0) is 19.1 Å². The third-order valence-corrected chi connectivity index (χ3v) is 3.77. The van der Waals surface area contributed by atoms with Crippen LogP contribution in [0.2, 0.25) is 0 Å². The lowest BCUT2D eigenvalue weighted by Gasteiger charge is -2.06. The third-order valence-electron chi connectivity index (χ3n) is 2.57. The van der Waals surface area contributed by atoms with E-state index in [1.165, 1.54) is 14.0 Å². The Hall–Kier alpha value is -2.09. The fraction of sp³-hybridized carbons (Fsp3) is 0.231. The van der Waals surface area contributed by atoms with Crippen molar-refractivity contribution in [3.05, 3.63) is 39.8 Å². The molecule has 8 heteroatoms. The number of nitrogens with one attached hydrogen (secondary N) is 1. The molecule has 0 unspecified atom stereocenters. The minimum atomic E-state index is -4.55. The van der Waals surface area contributed by atoms with E-state index in [1.54, 1.807) is 24.3 Å². The van der Waals surface area contributed by atoms with Crippen LogP contribution in [0.15, 0.2) is 24.3 Å². The zero-order chi connectivity index (χ0) is 15.6. The molecule has 0 spiro atoms. The number of amides is 1. The number of anilines is 1. The summed E-state index contributed by atoms with van der Waals surface area (Å²) >= 11 is 0.324. The van der Waals surface area contributed by atoms with Gasteiger partial charge in [0.05, 0.1) is 12.8 Å². The molecule has 0 fully saturated rings. The van der Waals surface area contributed by atoms with Crippen LogP contribution in [-0.2, 0) is 6.18 Å². The van der Waals surface area contributed by atoms with E-state index in [9.17, 15) is 18.0 Å². The SMILES string of the molecule is COc1cccc(NC(=O)c2sc(C(F)(F)F)nc2C)c1. The maximum atomic E-state index is 12.6. The summed E-state index contributed by atoms with van der Waals surface area (Å²) < 4.78 is 42.7. The average Bonchev–Trinajstić information content (AvgIpc) is 2.81. The number of thiazole rings is 1. The van der Waals surface area contributed by atoms with E-state index in [0.717, 1.165) is 0 Å². The normalized spacial score (nSPS) is 11.3. The van der Waals surface area contributed by atoms with Gasteiger partial charge in [-0.1, -0.05) is 6.07 Å². The minimum Gasteiger partial charge on any atom is -0.497 e. The fourth-order valence-electron chi connectivity index (χ4n) is 1.62. The Morgan fingerprint density at radius 3 is 2.67 bits per heavy atom.